The van der Waals surface area contributed by atoms with Crippen LogP contribution < -0.4 is 4.74 Å². The molecule has 0 radical (unpaired) electrons. The second-order valence-electron chi connectivity index (χ2n) is 4.85. The quantitative estimate of drug-likeness (QED) is 0.236. The Morgan fingerprint density at radius 2 is 2.12 bits per heavy atom. The number of halogens is 1. The smallest absolute Gasteiger partial charge is 0.341 e. The minimum atomic E-state index is -1.07. The molecule has 7 nitrogen and oxygen atoms in total. The lowest BCUT2D eigenvalue weighted by atomic mass is 10.0. The van der Waals surface area contributed by atoms with Gasteiger partial charge in [-0.1, -0.05) is 18.2 Å². The number of nitro groups is 1. The van der Waals surface area contributed by atoms with Gasteiger partial charge in [-0.15, -0.1) is 0 Å². The summed E-state index contributed by atoms with van der Waals surface area (Å²) in [6, 6.07) is 12.9. The Kier molecular flexibility index (Phi) is 6.08. The lowest BCUT2D eigenvalue weighted by Gasteiger charge is -2.07. The van der Waals surface area contributed by atoms with E-state index in [1.54, 1.807) is 30.3 Å². The molecular weight excluding hydrogens is 439 g/mol. The van der Waals surface area contributed by atoms with E-state index in [1.165, 1.54) is 18.2 Å². The number of rotatable bonds is 6. The summed E-state index contributed by atoms with van der Waals surface area (Å²) in [5.74, 6) is -0.647. The fourth-order valence-electron chi connectivity index (χ4n) is 2.00. The summed E-state index contributed by atoms with van der Waals surface area (Å²) < 4.78 is 5.83. The molecule has 2 aromatic carbocycles. The van der Waals surface area contributed by atoms with Gasteiger partial charge in [0.1, 0.15) is 5.75 Å². The Balaban J connectivity index is 2.32. The Morgan fingerprint density at radius 3 is 2.72 bits per heavy atom. The molecule has 2 aromatic rings. The molecule has 0 aliphatic heterocycles. The number of aliphatic carboxylic acids is 1. The molecule has 8 heteroatoms. The summed E-state index contributed by atoms with van der Waals surface area (Å²) in [7, 11) is 0. The minimum Gasteiger partial charge on any atom is -0.481 e. The number of nitro benzene ring substituents is 1. The third kappa shape index (κ3) is 5.02. The van der Waals surface area contributed by atoms with Crippen molar-refractivity contribution in [2.75, 3.05) is 6.61 Å². The molecule has 25 heavy (non-hydrogen) atoms. The van der Waals surface area contributed by atoms with Crippen LogP contribution in [0.25, 0.3) is 11.6 Å². The van der Waals surface area contributed by atoms with Gasteiger partial charge >= 0.3 is 5.97 Å². The summed E-state index contributed by atoms with van der Waals surface area (Å²) in [5, 5.41) is 28.9. The summed E-state index contributed by atoms with van der Waals surface area (Å²) in [5.41, 5.74) is 1.32. The van der Waals surface area contributed by atoms with Crippen molar-refractivity contribution in [1.29, 1.82) is 5.26 Å². The number of hydrogen-bond donors (Lipinski definition) is 1. The van der Waals surface area contributed by atoms with Crippen molar-refractivity contribution < 1.29 is 19.6 Å². The number of carboxylic acids is 1. The molecule has 1 N–H and O–H groups in total. The van der Waals surface area contributed by atoms with E-state index in [1.807, 2.05) is 28.7 Å². The molecule has 0 spiro atoms. The first-order valence-electron chi connectivity index (χ1n) is 6.91. The highest BCUT2D eigenvalue weighted by Crippen LogP contribution is 2.26. The van der Waals surface area contributed by atoms with Crippen LogP contribution in [0.3, 0.4) is 0 Å². The van der Waals surface area contributed by atoms with Crippen molar-refractivity contribution in [2.45, 2.75) is 0 Å². The van der Waals surface area contributed by atoms with Gasteiger partial charge in [0.25, 0.3) is 5.69 Å². The van der Waals surface area contributed by atoms with Crippen molar-refractivity contribution >= 4 is 45.9 Å². The minimum absolute atomic E-state index is 0.0920. The average molecular weight is 450 g/mol. The van der Waals surface area contributed by atoms with Crippen molar-refractivity contribution in [1.82, 2.24) is 0 Å². The van der Waals surface area contributed by atoms with E-state index in [0.717, 1.165) is 0 Å². The van der Waals surface area contributed by atoms with Crippen LogP contribution in [0, 0.1) is 25.0 Å². The first-order valence-corrected chi connectivity index (χ1v) is 7.99. The van der Waals surface area contributed by atoms with Crippen molar-refractivity contribution in [3.63, 3.8) is 0 Å². The molecule has 0 aliphatic carbocycles. The highest BCUT2D eigenvalue weighted by atomic mass is 127. The number of allylic oxidation sites excluding steroid dienone is 1. The van der Waals surface area contributed by atoms with E-state index in [4.69, 9.17) is 9.84 Å². The van der Waals surface area contributed by atoms with E-state index >= 15 is 0 Å². The molecule has 0 bridgehead atoms. The van der Waals surface area contributed by atoms with Crippen LogP contribution in [0.15, 0.2) is 42.5 Å². The maximum absolute atomic E-state index is 10.9. The molecule has 0 saturated carbocycles. The second kappa shape index (κ2) is 8.25. The molecular formula is C17H11IN2O5. The highest BCUT2D eigenvalue weighted by Gasteiger charge is 2.10. The molecule has 0 heterocycles. The lowest BCUT2D eigenvalue weighted by molar-refractivity contribution is -0.384. The first-order chi connectivity index (χ1) is 11.9. The predicted molar refractivity (Wildman–Crippen MR) is 98.9 cm³/mol. The number of non-ortho nitro benzene ring substituents is 1. The van der Waals surface area contributed by atoms with Gasteiger partial charge in [-0.2, -0.15) is 5.26 Å². The predicted octanol–water partition coefficient (Wildman–Crippen LogP) is 3.73. The Morgan fingerprint density at radius 1 is 1.36 bits per heavy atom. The molecule has 126 valence electrons. The zero-order valence-corrected chi connectivity index (χ0v) is 14.8. The van der Waals surface area contributed by atoms with E-state index < -0.39 is 17.5 Å². The van der Waals surface area contributed by atoms with Crippen molar-refractivity contribution in [3.05, 3.63) is 67.3 Å². The molecule has 0 aliphatic rings. The van der Waals surface area contributed by atoms with Gasteiger partial charge in [-0.25, -0.2) is 4.79 Å². The summed E-state index contributed by atoms with van der Waals surface area (Å²) in [4.78, 5) is 20.9. The monoisotopic (exact) mass is 450 g/mol. The summed E-state index contributed by atoms with van der Waals surface area (Å²) in [6.45, 7) is -0.442. The number of nitriles is 1. The average Bonchev–Trinajstić information content (AvgIpc) is 2.58. The number of ether oxygens (including phenoxy) is 1. The molecule has 0 aromatic heterocycles. The normalized spacial score (nSPS) is 10.8. The number of carboxylic acid groups (broad SMARTS) is 1. The van der Waals surface area contributed by atoms with Gasteiger partial charge in [-0.05, 0) is 51.9 Å². The molecule has 0 atom stereocenters. The number of carbonyl (C=O) groups is 1. The van der Waals surface area contributed by atoms with Gasteiger partial charge in [0.2, 0.25) is 0 Å². The topological polar surface area (TPSA) is 113 Å². The zero-order chi connectivity index (χ0) is 18.4. The molecule has 0 saturated heterocycles. The fourth-order valence-corrected chi connectivity index (χ4v) is 2.69. The van der Waals surface area contributed by atoms with Crippen LogP contribution in [-0.4, -0.2) is 22.6 Å². The van der Waals surface area contributed by atoms with E-state index in [-0.39, 0.29) is 11.3 Å². The van der Waals surface area contributed by atoms with Crippen LogP contribution in [-0.2, 0) is 4.79 Å². The third-order valence-electron chi connectivity index (χ3n) is 3.11. The zero-order valence-electron chi connectivity index (χ0n) is 12.7. The Labute approximate surface area is 156 Å². The van der Waals surface area contributed by atoms with Crippen molar-refractivity contribution in [2.24, 2.45) is 0 Å². The molecule has 2 rings (SSSR count). The van der Waals surface area contributed by atoms with Crippen LogP contribution in [0.5, 0.6) is 5.75 Å². The largest absolute Gasteiger partial charge is 0.481 e. The molecule has 0 amide bonds. The van der Waals surface area contributed by atoms with Gasteiger partial charge in [0, 0.05) is 12.1 Å². The first kappa shape index (κ1) is 18.4. The van der Waals surface area contributed by atoms with E-state index in [0.29, 0.717) is 20.4 Å². The Bertz CT molecular complexity index is 902. The fraction of sp³-hybridized carbons (Fsp3) is 0.0588. The number of nitrogens with zero attached hydrogens (tertiary/aromatic N) is 2. The Hall–Kier alpha value is -2.93. The van der Waals surface area contributed by atoms with Gasteiger partial charge in [0.05, 0.1) is 20.1 Å². The summed E-state index contributed by atoms with van der Waals surface area (Å²) >= 11 is 2.00. The van der Waals surface area contributed by atoms with E-state index in [2.05, 4.69) is 0 Å². The molecule has 0 unspecified atom stereocenters. The van der Waals surface area contributed by atoms with Gasteiger partial charge < -0.3 is 9.84 Å². The SMILES string of the molecule is N#C/C(=C/c1ccc(OCC(=O)O)c(I)c1)c1cccc([N+](=O)[O-])c1. The maximum Gasteiger partial charge on any atom is 0.341 e. The van der Waals surface area contributed by atoms with Gasteiger partial charge in [-0.3, -0.25) is 10.1 Å². The summed E-state index contributed by atoms with van der Waals surface area (Å²) in [6.07, 6.45) is 1.60. The van der Waals surface area contributed by atoms with E-state index in [9.17, 15) is 20.2 Å². The highest BCUT2D eigenvalue weighted by molar-refractivity contribution is 14.1. The number of benzene rings is 2. The standard InChI is InChI=1S/C17H11IN2O5/c18-15-7-11(4-5-16(15)25-10-17(21)22)6-13(9-19)12-2-1-3-14(8-12)20(23)24/h1-8H,10H2,(H,21,22)/b13-6-. The third-order valence-corrected chi connectivity index (χ3v) is 3.95. The number of hydrogen-bond acceptors (Lipinski definition) is 5. The van der Waals surface area contributed by atoms with Crippen LogP contribution in [0.1, 0.15) is 11.1 Å². The van der Waals surface area contributed by atoms with Gasteiger partial charge in [0.15, 0.2) is 6.61 Å². The van der Waals surface area contributed by atoms with Crippen LogP contribution in [0.4, 0.5) is 5.69 Å². The molecule has 0 fully saturated rings. The maximum atomic E-state index is 10.9. The van der Waals surface area contributed by atoms with Crippen LogP contribution in [0.2, 0.25) is 0 Å². The lowest BCUT2D eigenvalue weighted by Crippen LogP contribution is -2.10. The van der Waals surface area contributed by atoms with Crippen LogP contribution >= 0.6 is 22.6 Å². The van der Waals surface area contributed by atoms with Crippen molar-refractivity contribution in [3.8, 4) is 11.8 Å². The second-order valence-corrected chi connectivity index (χ2v) is 6.01.